The van der Waals surface area contributed by atoms with Gasteiger partial charge in [-0.3, -0.25) is 5.32 Å². The number of hydrogen-bond acceptors (Lipinski definition) is 3. The van der Waals surface area contributed by atoms with Crippen molar-refractivity contribution in [3.05, 3.63) is 18.7 Å². The Morgan fingerprint density at radius 2 is 2.24 bits per heavy atom. The van der Waals surface area contributed by atoms with Gasteiger partial charge in [-0.25, -0.2) is 4.98 Å². The number of aromatic nitrogens is 2. The van der Waals surface area contributed by atoms with E-state index in [-0.39, 0.29) is 0 Å². The highest BCUT2D eigenvalue weighted by Crippen LogP contribution is 2.14. The maximum absolute atomic E-state index is 9.19. The summed E-state index contributed by atoms with van der Waals surface area (Å²) >= 11 is 0. The minimum absolute atomic E-state index is 0.341. The minimum Gasteiger partial charge on any atom is -0.337 e. The molecule has 1 atom stereocenters. The summed E-state index contributed by atoms with van der Waals surface area (Å²) in [5, 5.41) is 12.5. The van der Waals surface area contributed by atoms with Crippen LogP contribution in [0, 0.1) is 11.3 Å². The summed E-state index contributed by atoms with van der Waals surface area (Å²) in [6.45, 7) is 7.09. The molecule has 0 aliphatic rings. The van der Waals surface area contributed by atoms with Gasteiger partial charge in [0.25, 0.3) is 0 Å². The van der Waals surface area contributed by atoms with Crippen molar-refractivity contribution in [2.24, 2.45) is 0 Å². The molecule has 0 aromatic carbocycles. The van der Waals surface area contributed by atoms with Crippen LogP contribution in [0.1, 0.15) is 40.0 Å². The summed E-state index contributed by atoms with van der Waals surface area (Å²) in [5.41, 5.74) is -0.400. The molecule has 1 aromatic heterocycles. The number of nitrogens with zero attached hydrogens (tertiary/aromatic N) is 3. The van der Waals surface area contributed by atoms with Gasteiger partial charge in [0.05, 0.1) is 12.4 Å². The zero-order valence-corrected chi connectivity index (χ0v) is 11.0. The summed E-state index contributed by atoms with van der Waals surface area (Å²) in [5.74, 6) is 0. The lowest BCUT2D eigenvalue weighted by molar-refractivity contribution is 0.366. The second kappa shape index (κ2) is 6.41. The van der Waals surface area contributed by atoms with E-state index in [1.54, 1.807) is 6.20 Å². The Bertz CT molecular complexity index is 350. The molecular formula is C13H22N4. The smallest absolute Gasteiger partial charge is 0.104 e. The fourth-order valence-electron chi connectivity index (χ4n) is 1.99. The Morgan fingerprint density at radius 3 is 2.76 bits per heavy atom. The van der Waals surface area contributed by atoms with E-state index in [1.165, 1.54) is 0 Å². The van der Waals surface area contributed by atoms with Crippen LogP contribution in [0.4, 0.5) is 0 Å². The molecule has 4 nitrogen and oxygen atoms in total. The van der Waals surface area contributed by atoms with Gasteiger partial charge in [-0.05, 0) is 40.0 Å². The van der Waals surface area contributed by atoms with Gasteiger partial charge in [0.1, 0.15) is 5.54 Å². The van der Waals surface area contributed by atoms with Crippen LogP contribution < -0.4 is 5.32 Å². The van der Waals surface area contributed by atoms with Gasteiger partial charge in [0, 0.05) is 25.0 Å². The third kappa shape index (κ3) is 5.01. The molecule has 1 heterocycles. The van der Waals surface area contributed by atoms with Crippen LogP contribution in [0.2, 0.25) is 0 Å². The van der Waals surface area contributed by atoms with Crippen LogP contribution in [0.5, 0.6) is 0 Å². The Morgan fingerprint density at radius 1 is 1.47 bits per heavy atom. The highest BCUT2D eigenvalue weighted by molar-refractivity contribution is 5.04. The summed E-state index contributed by atoms with van der Waals surface area (Å²) in [6.07, 6.45) is 8.59. The van der Waals surface area contributed by atoms with Gasteiger partial charge in [0.15, 0.2) is 0 Å². The predicted octanol–water partition coefficient (Wildman–Crippen LogP) is 2.33. The molecule has 0 saturated heterocycles. The SMILES string of the molecule is CC(C)NC(C)(C#N)CCCCn1ccnc1. The van der Waals surface area contributed by atoms with E-state index in [9.17, 15) is 5.26 Å². The molecule has 0 bridgehead atoms. The molecule has 0 amide bonds. The maximum Gasteiger partial charge on any atom is 0.104 e. The average molecular weight is 234 g/mol. The van der Waals surface area contributed by atoms with Crippen LogP contribution in [-0.4, -0.2) is 21.1 Å². The molecule has 1 unspecified atom stereocenters. The Hall–Kier alpha value is -1.34. The molecule has 17 heavy (non-hydrogen) atoms. The van der Waals surface area contributed by atoms with Gasteiger partial charge in [-0.1, -0.05) is 0 Å². The molecule has 1 N–H and O–H groups in total. The summed E-state index contributed by atoms with van der Waals surface area (Å²) < 4.78 is 2.07. The molecular weight excluding hydrogens is 212 g/mol. The van der Waals surface area contributed by atoms with Crippen molar-refractivity contribution in [3.63, 3.8) is 0 Å². The van der Waals surface area contributed by atoms with E-state index in [4.69, 9.17) is 0 Å². The largest absolute Gasteiger partial charge is 0.337 e. The van der Waals surface area contributed by atoms with Crippen LogP contribution in [0.25, 0.3) is 0 Å². The van der Waals surface area contributed by atoms with E-state index >= 15 is 0 Å². The molecule has 0 saturated carbocycles. The number of unbranched alkanes of at least 4 members (excludes halogenated alkanes) is 1. The van der Waals surface area contributed by atoms with E-state index in [1.807, 2.05) is 19.4 Å². The van der Waals surface area contributed by atoms with Gasteiger partial charge < -0.3 is 4.57 Å². The van der Waals surface area contributed by atoms with Crippen molar-refractivity contribution in [3.8, 4) is 6.07 Å². The summed E-state index contributed by atoms with van der Waals surface area (Å²) in [4.78, 5) is 4.00. The normalized spacial score (nSPS) is 14.5. The lowest BCUT2D eigenvalue weighted by Crippen LogP contribution is -2.44. The third-order valence-electron chi connectivity index (χ3n) is 2.76. The van der Waals surface area contributed by atoms with Gasteiger partial charge in [-0.15, -0.1) is 0 Å². The van der Waals surface area contributed by atoms with Crippen molar-refractivity contribution in [2.75, 3.05) is 0 Å². The molecule has 94 valence electrons. The maximum atomic E-state index is 9.19. The standard InChI is InChI=1S/C13H22N4/c1-12(2)16-13(3,10-14)6-4-5-8-17-9-7-15-11-17/h7,9,11-12,16H,4-6,8H2,1-3H3. The third-order valence-corrected chi connectivity index (χ3v) is 2.76. The Labute approximate surface area is 104 Å². The first-order valence-electron chi connectivity index (χ1n) is 6.20. The lowest BCUT2D eigenvalue weighted by Gasteiger charge is -2.25. The quantitative estimate of drug-likeness (QED) is 0.737. The fourth-order valence-corrected chi connectivity index (χ4v) is 1.99. The first-order valence-corrected chi connectivity index (χ1v) is 6.20. The topological polar surface area (TPSA) is 53.6 Å². The van der Waals surface area contributed by atoms with Gasteiger partial charge >= 0.3 is 0 Å². The van der Waals surface area contributed by atoms with Crippen molar-refractivity contribution >= 4 is 0 Å². The van der Waals surface area contributed by atoms with E-state index in [2.05, 4.69) is 34.8 Å². The van der Waals surface area contributed by atoms with Crippen molar-refractivity contribution < 1.29 is 0 Å². The van der Waals surface area contributed by atoms with Crippen molar-refractivity contribution in [1.82, 2.24) is 14.9 Å². The number of nitrogens with one attached hydrogen (secondary N) is 1. The van der Waals surface area contributed by atoms with Crippen LogP contribution in [0.15, 0.2) is 18.7 Å². The molecule has 1 rings (SSSR count). The molecule has 4 heteroatoms. The van der Waals surface area contributed by atoms with Crippen molar-refractivity contribution in [2.45, 2.75) is 58.2 Å². The molecule has 0 aliphatic carbocycles. The highest BCUT2D eigenvalue weighted by atomic mass is 15.0. The molecule has 1 aromatic rings. The molecule has 0 radical (unpaired) electrons. The molecule has 0 spiro atoms. The fraction of sp³-hybridized carbons (Fsp3) is 0.692. The van der Waals surface area contributed by atoms with E-state index < -0.39 is 5.54 Å². The summed E-state index contributed by atoms with van der Waals surface area (Å²) in [7, 11) is 0. The second-order valence-corrected chi connectivity index (χ2v) is 5.00. The summed E-state index contributed by atoms with van der Waals surface area (Å²) in [6, 6.07) is 2.71. The predicted molar refractivity (Wildman–Crippen MR) is 68.4 cm³/mol. The van der Waals surface area contributed by atoms with Crippen LogP contribution >= 0.6 is 0 Å². The van der Waals surface area contributed by atoms with Crippen LogP contribution in [-0.2, 0) is 6.54 Å². The first-order chi connectivity index (χ1) is 8.06. The second-order valence-electron chi connectivity index (χ2n) is 5.00. The molecule has 0 aliphatic heterocycles. The van der Waals surface area contributed by atoms with E-state index in [0.717, 1.165) is 25.8 Å². The number of imidazole rings is 1. The zero-order chi connectivity index (χ0) is 12.7. The average Bonchev–Trinajstić information content (AvgIpc) is 2.76. The lowest BCUT2D eigenvalue weighted by atomic mass is 9.95. The van der Waals surface area contributed by atoms with Crippen molar-refractivity contribution in [1.29, 1.82) is 5.26 Å². The monoisotopic (exact) mass is 234 g/mol. The number of hydrogen-bond donors (Lipinski definition) is 1. The first kappa shape index (κ1) is 13.7. The van der Waals surface area contributed by atoms with Gasteiger partial charge in [-0.2, -0.15) is 5.26 Å². The number of nitriles is 1. The van der Waals surface area contributed by atoms with Crippen LogP contribution in [0.3, 0.4) is 0 Å². The minimum atomic E-state index is -0.400. The van der Waals surface area contributed by atoms with Gasteiger partial charge in [0.2, 0.25) is 0 Å². The highest BCUT2D eigenvalue weighted by Gasteiger charge is 2.23. The van der Waals surface area contributed by atoms with E-state index in [0.29, 0.717) is 6.04 Å². The Balaban J connectivity index is 2.26. The number of aryl methyl sites for hydroxylation is 1. The number of rotatable bonds is 7. The zero-order valence-electron chi connectivity index (χ0n) is 11.0. The Kier molecular flexibility index (Phi) is 5.17. The molecule has 0 fully saturated rings.